The van der Waals surface area contributed by atoms with E-state index in [1.54, 1.807) is 55.5 Å². The number of likely N-dealkylation sites (N-methyl/N-ethyl adjacent to an activating group) is 1. The minimum absolute atomic E-state index is 0.0823. The Morgan fingerprint density at radius 2 is 1.57 bits per heavy atom. The standard InChI is InChI=1S/C29H34ClN3O6S/c1-6-25(29(35)31-3)32(18-21-9-11-22(30)12-10-21)28(34)19-33(23-13-7-20(2)8-14-23)40(36,37)24-15-16-26(38-4)27(17-24)39-5/h7-17,25H,6,18-19H2,1-5H3,(H,31,35)/t25-/m0/s1. The first-order chi connectivity index (χ1) is 19.0. The molecule has 3 aromatic carbocycles. The normalized spacial score (nSPS) is 11.8. The van der Waals surface area contributed by atoms with E-state index in [4.69, 9.17) is 21.1 Å². The third kappa shape index (κ3) is 7.05. The van der Waals surface area contributed by atoms with Gasteiger partial charge in [0.15, 0.2) is 11.5 Å². The highest BCUT2D eigenvalue weighted by Gasteiger charge is 2.33. The highest BCUT2D eigenvalue weighted by molar-refractivity contribution is 7.92. The fraction of sp³-hybridized carbons (Fsp3) is 0.310. The number of halogens is 1. The number of nitrogens with zero attached hydrogens (tertiary/aromatic N) is 2. The molecule has 0 unspecified atom stereocenters. The average molecular weight is 588 g/mol. The van der Waals surface area contributed by atoms with E-state index in [2.05, 4.69) is 5.32 Å². The number of hydrogen-bond donors (Lipinski definition) is 1. The summed E-state index contributed by atoms with van der Waals surface area (Å²) in [6, 6.07) is 17.1. The van der Waals surface area contributed by atoms with Gasteiger partial charge in [-0.05, 0) is 55.3 Å². The number of hydrogen-bond acceptors (Lipinski definition) is 6. The van der Waals surface area contributed by atoms with Gasteiger partial charge in [-0.1, -0.05) is 48.4 Å². The second kappa shape index (κ2) is 13.5. The van der Waals surface area contributed by atoms with Gasteiger partial charge in [0.05, 0.1) is 24.8 Å². The van der Waals surface area contributed by atoms with Crippen molar-refractivity contribution < 1.29 is 27.5 Å². The Morgan fingerprint density at radius 1 is 0.950 bits per heavy atom. The van der Waals surface area contributed by atoms with Gasteiger partial charge in [-0.25, -0.2) is 8.42 Å². The van der Waals surface area contributed by atoms with Crippen LogP contribution in [-0.4, -0.2) is 59.0 Å². The molecule has 1 atom stereocenters. The van der Waals surface area contributed by atoms with Crippen LogP contribution in [-0.2, 0) is 26.2 Å². The molecular formula is C29H34ClN3O6S. The lowest BCUT2D eigenvalue weighted by atomic mass is 10.1. The summed E-state index contributed by atoms with van der Waals surface area (Å²) in [5.74, 6) is -0.303. The molecule has 0 spiro atoms. The summed E-state index contributed by atoms with van der Waals surface area (Å²) in [4.78, 5) is 28.1. The van der Waals surface area contributed by atoms with Crippen LogP contribution in [0.4, 0.5) is 5.69 Å². The van der Waals surface area contributed by atoms with E-state index in [9.17, 15) is 18.0 Å². The van der Waals surface area contributed by atoms with E-state index >= 15 is 0 Å². The van der Waals surface area contributed by atoms with E-state index in [1.165, 1.54) is 44.4 Å². The Hall–Kier alpha value is -3.76. The molecule has 2 amide bonds. The maximum Gasteiger partial charge on any atom is 0.264 e. The zero-order valence-corrected chi connectivity index (χ0v) is 24.8. The molecule has 0 saturated heterocycles. The molecule has 0 bridgehead atoms. The summed E-state index contributed by atoms with van der Waals surface area (Å²) in [5, 5.41) is 3.14. The van der Waals surface area contributed by atoms with Crippen molar-refractivity contribution in [2.45, 2.75) is 37.8 Å². The minimum Gasteiger partial charge on any atom is -0.493 e. The monoisotopic (exact) mass is 587 g/mol. The summed E-state index contributed by atoms with van der Waals surface area (Å²) >= 11 is 6.04. The van der Waals surface area contributed by atoms with Gasteiger partial charge in [0.2, 0.25) is 11.8 Å². The maximum atomic E-state index is 14.0. The van der Waals surface area contributed by atoms with Crippen molar-refractivity contribution in [2.24, 2.45) is 0 Å². The summed E-state index contributed by atoms with van der Waals surface area (Å²) in [6.07, 6.45) is 0.325. The Labute approximate surface area is 240 Å². The van der Waals surface area contributed by atoms with Crippen molar-refractivity contribution in [2.75, 3.05) is 32.1 Å². The third-order valence-corrected chi connectivity index (χ3v) is 8.46. The lowest BCUT2D eigenvalue weighted by Gasteiger charge is -2.33. The fourth-order valence-electron chi connectivity index (χ4n) is 4.22. The molecule has 0 aliphatic rings. The molecule has 3 rings (SSSR count). The van der Waals surface area contributed by atoms with Gasteiger partial charge in [0, 0.05) is 24.7 Å². The second-order valence-corrected chi connectivity index (χ2v) is 11.3. The molecular weight excluding hydrogens is 554 g/mol. The van der Waals surface area contributed by atoms with Gasteiger partial charge in [-0.15, -0.1) is 0 Å². The van der Waals surface area contributed by atoms with Gasteiger partial charge >= 0.3 is 0 Å². The number of nitrogens with one attached hydrogen (secondary N) is 1. The number of carbonyl (C=O) groups is 2. The van der Waals surface area contributed by atoms with Crippen LogP contribution in [0.5, 0.6) is 11.5 Å². The zero-order valence-electron chi connectivity index (χ0n) is 23.2. The molecule has 0 aliphatic carbocycles. The van der Waals surface area contributed by atoms with Crippen molar-refractivity contribution in [3.63, 3.8) is 0 Å². The van der Waals surface area contributed by atoms with Crippen LogP contribution in [0.2, 0.25) is 5.02 Å². The lowest BCUT2D eigenvalue weighted by Crippen LogP contribution is -2.51. The number of benzene rings is 3. The van der Waals surface area contributed by atoms with Gasteiger partial charge in [-0.2, -0.15) is 0 Å². The van der Waals surface area contributed by atoms with Crippen molar-refractivity contribution in [1.29, 1.82) is 0 Å². The number of ether oxygens (including phenoxy) is 2. The van der Waals surface area contributed by atoms with Gasteiger partial charge < -0.3 is 19.7 Å². The molecule has 0 aromatic heterocycles. The van der Waals surface area contributed by atoms with Crippen molar-refractivity contribution in [1.82, 2.24) is 10.2 Å². The highest BCUT2D eigenvalue weighted by Crippen LogP contribution is 2.32. The van der Waals surface area contributed by atoms with Gasteiger partial charge in [0.1, 0.15) is 12.6 Å². The molecule has 0 aliphatic heterocycles. The third-order valence-electron chi connectivity index (χ3n) is 6.44. The van der Waals surface area contributed by atoms with Crippen molar-refractivity contribution >= 4 is 39.1 Å². The number of methoxy groups -OCH3 is 2. The highest BCUT2D eigenvalue weighted by atomic mass is 35.5. The zero-order chi connectivity index (χ0) is 29.4. The molecule has 40 heavy (non-hydrogen) atoms. The smallest absolute Gasteiger partial charge is 0.264 e. The number of aryl methyl sites for hydroxylation is 1. The number of rotatable bonds is 12. The van der Waals surface area contributed by atoms with E-state index < -0.39 is 28.5 Å². The van der Waals surface area contributed by atoms with Crippen LogP contribution in [0.15, 0.2) is 71.6 Å². The fourth-order valence-corrected chi connectivity index (χ4v) is 5.77. The predicted molar refractivity (Wildman–Crippen MR) is 155 cm³/mol. The molecule has 0 saturated carbocycles. The number of amides is 2. The maximum absolute atomic E-state index is 14.0. The summed E-state index contributed by atoms with van der Waals surface area (Å²) in [7, 11) is 0.103. The van der Waals surface area contributed by atoms with Gasteiger partial charge in [-0.3, -0.25) is 13.9 Å². The van der Waals surface area contributed by atoms with E-state index in [1.807, 2.05) is 6.92 Å². The minimum atomic E-state index is -4.26. The van der Waals surface area contributed by atoms with Gasteiger partial charge in [0.25, 0.3) is 10.0 Å². The summed E-state index contributed by atoms with van der Waals surface area (Å²) in [5.41, 5.74) is 1.96. The lowest BCUT2D eigenvalue weighted by molar-refractivity contribution is -0.140. The molecule has 9 nitrogen and oxygen atoms in total. The van der Waals surface area contributed by atoms with Crippen LogP contribution in [0.3, 0.4) is 0 Å². The molecule has 0 radical (unpaired) electrons. The Morgan fingerprint density at radius 3 is 2.12 bits per heavy atom. The Bertz CT molecular complexity index is 1430. The van der Waals surface area contributed by atoms with Crippen molar-refractivity contribution in [3.05, 3.63) is 82.9 Å². The van der Waals surface area contributed by atoms with E-state index in [-0.39, 0.29) is 23.1 Å². The first-order valence-corrected chi connectivity index (χ1v) is 14.4. The molecule has 1 N–H and O–H groups in total. The van der Waals surface area contributed by atoms with Crippen LogP contribution in [0.25, 0.3) is 0 Å². The SMILES string of the molecule is CC[C@@H](C(=O)NC)N(Cc1ccc(Cl)cc1)C(=O)CN(c1ccc(C)cc1)S(=O)(=O)c1ccc(OC)c(OC)c1. The summed E-state index contributed by atoms with van der Waals surface area (Å²) < 4.78 is 39.7. The van der Waals surface area contributed by atoms with Crippen molar-refractivity contribution in [3.8, 4) is 11.5 Å². The van der Waals surface area contributed by atoms with Crippen LogP contribution >= 0.6 is 11.6 Å². The first-order valence-electron chi connectivity index (χ1n) is 12.6. The predicted octanol–water partition coefficient (Wildman–Crippen LogP) is 4.41. The number of anilines is 1. The molecule has 214 valence electrons. The molecule has 0 fully saturated rings. The molecule has 3 aromatic rings. The Balaban J connectivity index is 2.08. The second-order valence-electron chi connectivity index (χ2n) is 9.05. The van der Waals surface area contributed by atoms with Crippen LogP contribution in [0.1, 0.15) is 24.5 Å². The van der Waals surface area contributed by atoms with Crippen LogP contribution in [0, 0.1) is 6.92 Å². The van der Waals surface area contributed by atoms with E-state index in [0.29, 0.717) is 22.9 Å². The largest absolute Gasteiger partial charge is 0.493 e. The summed E-state index contributed by atoms with van der Waals surface area (Å²) in [6.45, 7) is 3.21. The number of carbonyl (C=O) groups excluding carboxylic acids is 2. The molecule has 0 heterocycles. The molecule has 11 heteroatoms. The van der Waals surface area contributed by atoms with E-state index in [0.717, 1.165) is 15.4 Å². The average Bonchev–Trinajstić information content (AvgIpc) is 2.96. The Kier molecular flexibility index (Phi) is 10.4. The topological polar surface area (TPSA) is 105 Å². The number of sulfonamides is 1. The first kappa shape index (κ1) is 30.8. The quantitative estimate of drug-likeness (QED) is 0.336. The van der Waals surface area contributed by atoms with Crippen LogP contribution < -0.4 is 19.1 Å².